The van der Waals surface area contributed by atoms with Gasteiger partial charge in [0.05, 0.1) is 0 Å². The molecule has 12 heavy (non-hydrogen) atoms. The molecule has 1 atom stereocenters. The Morgan fingerprint density at radius 2 is 2.00 bits per heavy atom. The van der Waals surface area contributed by atoms with Gasteiger partial charge >= 0.3 is 0 Å². The van der Waals surface area contributed by atoms with Gasteiger partial charge in [0.15, 0.2) is 0 Å². The summed E-state index contributed by atoms with van der Waals surface area (Å²) in [6.07, 6.45) is 6.14. The summed E-state index contributed by atoms with van der Waals surface area (Å²) in [5.74, 6) is 0.958. The van der Waals surface area contributed by atoms with Crippen molar-refractivity contribution in [3.8, 4) is 0 Å². The molecule has 1 fully saturated rings. The largest absolute Gasteiger partial charge is 0.369 e. The molecule has 0 aromatic carbocycles. The van der Waals surface area contributed by atoms with Crippen molar-refractivity contribution in [2.75, 3.05) is 5.75 Å². The van der Waals surface area contributed by atoms with Gasteiger partial charge in [-0.3, -0.25) is 4.79 Å². The predicted molar refractivity (Wildman–Crippen MR) is 53.1 cm³/mol. The lowest BCUT2D eigenvalue weighted by Gasteiger charge is -2.26. The van der Waals surface area contributed by atoms with Crippen LogP contribution in [0.25, 0.3) is 0 Å². The van der Waals surface area contributed by atoms with Gasteiger partial charge in [0.2, 0.25) is 5.91 Å². The average molecular weight is 187 g/mol. The number of nitrogens with two attached hydrogens (primary N) is 1. The molecular formula is C9H17NOS. The molecule has 1 aliphatic carbocycles. The molecule has 0 aliphatic heterocycles. The molecule has 0 heterocycles. The average Bonchev–Trinajstić information content (AvgIpc) is 2.07. The van der Waals surface area contributed by atoms with Crippen molar-refractivity contribution in [2.24, 2.45) is 17.6 Å². The number of amides is 1. The van der Waals surface area contributed by atoms with Gasteiger partial charge in [-0.15, -0.1) is 0 Å². The second kappa shape index (κ2) is 4.75. The summed E-state index contributed by atoms with van der Waals surface area (Å²) in [6.45, 7) is 0. The molecule has 1 aliphatic rings. The molecular weight excluding hydrogens is 170 g/mol. The molecule has 1 amide bonds. The number of carbonyl (C=O) groups is 1. The van der Waals surface area contributed by atoms with Crippen LogP contribution < -0.4 is 5.73 Å². The van der Waals surface area contributed by atoms with Crippen molar-refractivity contribution in [1.29, 1.82) is 0 Å². The highest BCUT2D eigenvalue weighted by Crippen LogP contribution is 2.30. The monoisotopic (exact) mass is 187 g/mol. The topological polar surface area (TPSA) is 43.1 Å². The van der Waals surface area contributed by atoms with E-state index in [0.717, 1.165) is 12.8 Å². The zero-order valence-corrected chi connectivity index (χ0v) is 8.22. The van der Waals surface area contributed by atoms with E-state index < -0.39 is 0 Å². The van der Waals surface area contributed by atoms with Crippen LogP contribution in [-0.4, -0.2) is 11.7 Å². The number of hydrogen-bond acceptors (Lipinski definition) is 2. The fraction of sp³-hybridized carbons (Fsp3) is 0.889. The van der Waals surface area contributed by atoms with Crippen LogP contribution in [-0.2, 0) is 4.79 Å². The standard InChI is InChI=1S/C9H17NOS/c10-9(11)8(6-12)7-4-2-1-3-5-7/h7-8,12H,1-6H2,(H2,10,11). The molecule has 1 unspecified atom stereocenters. The number of hydrogen-bond donors (Lipinski definition) is 2. The SMILES string of the molecule is NC(=O)C(CS)C1CCCCC1. The quantitative estimate of drug-likeness (QED) is 0.647. The highest BCUT2D eigenvalue weighted by atomic mass is 32.1. The second-order valence-corrected chi connectivity index (χ2v) is 3.95. The van der Waals surface area contributed by atoms with Gasteiger partial charge in [-0.1, -0.05) is 19.3 Å². The van der Waals surface area contributed by atoms with E-state index in [1.165, 1.54) is 19.3 Å². The number of carbonyl (C=O) groups excluding carboxylic acids is 1. The van der Waals surface area contributed by atoms with Crippen LogP contribution in [0.15, 0.2) is 0 Å². The van der Waals surface area contributed by atoms with Gasteiger partial charge in [0, 0.05) is 11.7 Å². The van der Waals surface area contributed by atoms with E-state index in [9.17, 15) is 4.79 Å². The summed E-state index contributed by atoms with van der Waals surface area (Å²) in [6, 6.07) is 0. The van der Waals surface area contributed by atoms with Gasteiger partial charge in [-0.05, 0) is 18.8 Å². The molecule has 3 heteroatoms. The Morgan fingerprint density at radius 3 is 2.42 bits per heavy atom. The van der Waals surface area contributed by atoms with Gasteiger partial charge < -0.3 is 5.73 Å². The minimum atomic E-state index is -0.170. The maximum Gasteiger partial charge on any atom is 0.221 e. The summed E-state index contributed by atoms with van der Waals surface area (Å²) in [5, 5.41) is 0. The summed E-state index contributed by atoms with van der Waals surface area (Å²) in [7, 11) is 0. The van der Waals surface area contributed by atoms with Crippen LogP contribution >= 0.6 is 12.6 Å². The maximum atomic E-state index is 11.0. The molecule has 2 N–H and O–H groups in total. The first-order valence-electron chi connectivity index (χ1n) is 4.66. The van der Waals surface area contributed by atoms with E-state index in [1.54, 1.807) is 0 Å². The Hall–Kier alpha value is -0.180. The van der Waals surface area contributed by atoms with Crippen LogP contribution in [0.5, 0.6) is 0 Å². The first kappa shape index (κ1) is 9.90. The first-order valence-corrected chi connectivity index (χ1v) is 5.29. The van der Waals surface area contributed by atoms with Crippen molar-refractivity contribution in [1.82, 2.24) is 0 Å². The molecule has 0 bridgehead atoms. The lowest BCUT2D eigenvalue weighted by Crippen LogP contribution is -2.32. The summed E-state index contributed by atoms with van der Waals surface area (Å²) in [5.41, 5.74) is 5.29. The second-order valence-electron chi connectivity index (χ2n) is 3.59. The predicted octanol–water partition coefficient (Wildman–Crippen LogP) is 1.60. The zero-order valence-electron chi connectivity index (χ0n) is 7.33. The Morgan fingerprint density at radius 1 is 1.42 bits per heavy atom. The van der Waals surface area contributed by atoms with E-state index in [-0.39, 0.29) is 11.8 Å². The molecule has 1 saturated carbocycles. The Balaban J connectivity index is 2.46. The van der Waals surface area contributed by atoms with Crippen LogP contribution in [0.3, 0.4) is 0 Å². The van der Waals surface area contributed by atoms with Crippen LogP contribution in [0.2, 0.25) is 0 Å². The Kier molecular flexibility index (Phi) is 3.92. The number of rotatable bonds is 3. The van der Waals surface area contributed by atoms with Crippen molar-refractivity contribution in [3.63, 3.8) is 0 Å². The van der Waals surface area contributed by atoms with Crippen molar-refractivity contribution >= 4 is 18.5 Å². The van der Waals surface area contributed by atoms with Gasteiger partial charge in [-0.25, -0.2) is 0 Å². The molecule has 70 valence electrons. The van der Waals surface area contributed by atoms with Gasteiger partial charge in [-0.2, -0.15) is 12.6 Å². The normalized spacial score (nSPS) is 22.1. The fourth-order valence-corrected chi connectivity index (χ4v) is 2.49. The van der Waals surface area contributed by atoms with Crippen LogP contribution in [0.1, 0.15) is 32.1 Å². The zero-order chi connectivity index (χ0) is 8.97. The molecule has 1 rings (SSSR count). The molecule has 0 aromatic rings. The van der Waals surface area contributed by atoms with Crippen molar-refractivity contribution in [3.05, 3.63) is 0 Å². The Bertz CT molecular complexity index is 155. The maximum absolute atomic E-state index is 11.0. The number of primary amides is 1. The molecule has 0 spiro atoms. The van der Waals surface area contributed by atoms with E-state index in [1.807, 2.05) is 0 Å². The first-order chi connectivity index (χ1) is 5.75. The third kappa shape index (κ3) is 2.41. The Labute approximate surface area is 79.3 Å². The van der Waals surface area contributed by atoms with E-state index >= 15 is 0 Å². The van der Waals surface area contributed by atoms with Crippen molar-refractivity contribution in [2.45, 2.75) is 32.1 Å². The number of thiol groups is 1. The fourth-order valence-electron chi connectivity index (χ4n) is 2.01. The van der Waals surface area contributed by atoms with E-state index in [2.05, 4.69) is 12.6 Å². The molecule has 0 radical (unpaired) electrons. The van der Waals surface area contributed by atoms with E-state index in [0.29, 0.717) is 11.7 Å². The lowest BCUT2D eigenvalue weighted by atomic mass is 9.80. The van der Waals surface area contributed by atoms with Crippen LogP contribution in [0.4, 0.5) is 0 Å². The minimum Gasteiger partial charge on any atom is -0.369 e. The molecule has 0 saturated heterocycles. The highest BCUT2D eigenvalue weighted by Gasteiger charge is 2.26. The molecule has 2 nitrogen and oxygen atoms in total. The third-order valence-electron chi connectivity index (χ3n) is 2.78. The van der Waals surface area contributed by atoms with E-state index in [4.69, 9.17) is 5.73 Å². The van der Waals surface area contributed by atoms with Gasteiger partial charge in [0.1, 0.15) is 0 Å². The summed E-state index contributed by atoms with van der Waals surface area (Å²) in [4.78, 5) is 11.0. The highest BCUT2D eigenvalue weighted by molar-refractivity contribution is 7.80. The third-order valence-corrected chi connectivity index (χ3v) is 3.17. The van der Waals surface area contributed by atoms with Crippen LogP contribution in [0, 0.1) is 11.8 Å². The lowest BCUT2D eigenvalue weighted by molar-refractivity contribution is -0.123. The smallest absolute Gasteiger partial charge is 0.221 e. The molecule has 0 aromatic heterocycles. The summed E-state index contributed by atoms with van der Waals surface area (Å²) >= 11 is 4.16. The van der Waals surface area contributed by atoms with Crippen molar-refractivity contribution < 1.29 is 4.79 Å². The van der Waals surface area contributed by atoms with Gasteiger partial charge in [0.25, 0.3) is 0 Å². The summed E-state index contributed by atoms with van der Waals surface area (Å²) < 4.78 is 0. The minimum absolute atomic E-state index is 0.00799.